The fourth-order valence-electron chi connectivity index (χ4n) is 2.44. The van der Waals surface area contributed by atoms with Crippen LogP contribution in [0.25, 0.3) is 0 Å². The Morgan fingerprint density at radius 3 is 2.33 bits per heavy atom. The van der Waals surface area contributed by atoms with Crippen LogP contribution >= 0.6 is 0 Å². The van der Waals surface area contributed by atoms with E-state index in [2.05, 4.69) is 14.7 Å². The van der Waals surface area contributed by atoms with Crippen LogP contribution in [0, 0.1) is 0 Å². The van der Waals surface area contributed by atoms with E-state index in [1.54, 1.807) is 18.3 Å². The average molecular weight is 383 g/mol. The molecule has 0 atom stereocenters. The van der Waals surface area contributed by atoms with Crippen molar-refractivity contribution in [3.63, 3.8) is 0 Å². The molecule has 6 nitrogen and oxygen atoms in total. The summed E-state index contributed by atoms with van der Waals surface area (Å²) in [6.45, 7) is 2.40. The highest BCUT2D eigenvalue weighted by molar-refractivity contribution is 7.84. The van der Waals surface area contributed by atoms with Crippen LogP contribution in [0.2, 0.25) is 0 Å². The van der Waals surface area contributed by atoms with Gasteiger partial charge in [0.15, 0.2) is 0 Å². The third kappa shape index (κ3) is 4.92. The van der Waals surface area contributed by atoms with E-state index >= 15 is 0 Å². The van der Waals surface area contributed by atoms with Crippen molar-refractivity contribution in [3.05, 3.63) is 84.6 Å². The Hall–Kier alpha value is -3.19. The lowest BCUT2D eigenvalue weighted by molar-refractivity contribution is -0.361. The zero-order valence-corrected chi connectivity index (χ0v) is 15.7. The van der Waals surface area contributed by atoms with E-state index in [1.165, 1.54) is 12.1 Å². The molecule has 1 heterocycles. The van der Waals surface area contributed by atoms with Gasteiger partial charge in [0.25, 0.3) is 11.7 Å². The number of hydrogen-bond donors (Lipinski definition) is 2. The summed E-state index contributed by atoms with van der Waals surface area (Å²) < 4.78 is 33.7. The predicted octanol–water partition coefficient (Wildman–Crippen LogP) is 1.23. The van der Waals surface area contributed by atoms with E-state index in [4.69, 9.17) is 4.74 Å². The van der Waals surface area contributed by atoms with Crippen LogP contribution in [0.1, 0.15) is 12.5 Å². The standard InChI is InChI=1S/C20H19N3O3S/c1-2-26-17-11-13-18(14-12-17)27(24,25)23-20(16-8-4-3-5-9-16)22-19-10-6-7-15-21-19/h3-15H,2H2,1H3,(H,21,22,23)/p+2. The second kappa shape index (κ2) is 8.46. The summed E-state index contributed by atoms with van der Waals surface area (Å²) in [5.74, 6) is 1.64. The summed E-state index contributed by atoms with van der Waals surface area (Å²) >= 11 is 0. The molecular weight excluding hydrogens is 362 g/mol. The van der Waals surface area contributed by atoms with Gasteiger partial charge in [0.1, 0.15) is 10.6 Å². The molecule has 0 unspecified atom stereocenters. The van der Waals surface area contributed by atoms with Crippen LogP contribution in [0.15, 0.2) is 83.9 Å². The first-order valence-electron chi connectivity index (χ1n) is 8.50. The van der Waals surface area contributed by atoms with E-state index in [0.29, 0.717) is 29.6 Å². The van der Waals surface area contributed by atoms with E-state index in [-0.39, 0.29) is 4.90 Å². The largest absolute Gasteiger partial charge is 0.494 e. The minimum atomic E-state index is -3.78. The van der Waals surface area contributed by atoms with Gasteiger partial charge < -0.3 is 4.74 Å². The number of hydrogen-bond acceptors (Lipinski definition) is 3. The van der Waals surface area contributed by atoms with Crippen molar-refractivity contribution in [3.8, 4) is 5.75 Å². The highest BCUT2D eigenvalue weighted by Crippen LogP contribution is 2.14. The van der Waals surface area contributed by atoms with Crippen LogP contribution in [0.5, 0.6) is 5.75 Å². The molecule has 0 saturated heterocycles. The van der Waals surface area contributed by atoms with Gasteiger partial charge in [0.05, 0.1) is 18.4 Å². The van der Waals surface area contributed by atoms with Crippen molar-refractivity contribution < 1.29 is 22.5 Å². The Kier molecular flexibility index (Phi) is 5.83. The normalized spacial score (nSPS) is 11.8. The first kappa shape index (κ1) is 18.6. The number of sulfonamides is 1. The maximum Gasteiger partial charge on any atom is 0.328 e. The van der Waals surface area contributed by atoms with Gasteiger partial charge in [-0.05, 0) is 49.4 Å². The zero-order chi connectivity index (χ0) is 19.1. The molecule has 3 N–H and O–H groups in total. The molecule has 0 amide bonds. The average Bonchev–Trinajstić information content (AvgIpc) is 2.69. The molecule has 0 fully saturated rings. The fourth-order valence-corrected chi connectivity index (χ4v) is 3.49. The Balaban J connectivity index is 1.98. The summed E-state index contributed by atoms with van der Waals surface area (Å²) in [6.07, 6.45) is 1.76. The van der Waals surface area contributed by atoms with Crippen LogP contribution in [-0.2, 0) is 10.0 Å². The molecule has 0 saturated carbocycles. The van der Waals surface area contributed by atoms with Gasteiger partial charge in [0, 0.05) is 6.07 Å². The number of H-pyrrole nitrogens is 1. The fraction of sp³-hybridized carbons (Fsp3) is 0.100. The number of nitrogens with one attached hydrogen (secondary N) is 3. The van der Waals surface area contributed by atoms with Gasteiger partial charge in [-0.25, -0.2) is 10.3 Å². The number of aromatic amines is 1. The highest BCUT2D eigenvalue weighted by atomic mass is 32.2. The lowest BCUT2D eigenvalue weighted by Gasteiger charge is -2.05. The third-order valence-electron chi connectivity index (χ3n) is 3.71. The van der Waals surface area contributed by atoms with Gasteiger partial charge in [0.2, 0.25) is 0 Å². The summed E-state index contributed by atoms with van der Waals surface area (Å²) in [4.78, 5) is 3.18. The molecule has 27 heavy (non-hydrogen) atoms. The SMILES string of the molecule is CCOc1ccc(S(=O)(=O)[NH+]=C(Nc2cccc[nH+]2)c2ccccc2)cc1. The lowest BCUT2D eigenvalue weighted by atomic mass is 10.2. The topological polar surface area (TPSA) is 83.5 Å². The summed E-state index contributed by atoms with van der Waals surface area (Å²) in [5.41, 5.74) is 0.712. The molecule has 138 valence electrons. The molecule has 2 aromatic carbocycles. The van der Waals surface area contributed by atoms with Gasteiger partial charge in [-0.1, -0.05) is 24.3 Å². The number of rotatable bonds is 6. The van der Waals surface area contributed by atoms with Crippen molar-refractivity contribution in [2.75, 3.05) is 11.9 Å². The Morgan fingerprint density at radius 2 is 1.70 bits per heavy atom. The number of pyridine rings is 1. The smallest absolute Gasteiger partial charge is 0.328 e. The molecule has 1 aromatic heterocycles. The monoisotopic (exact) mass is 383 g/mol. The third-order valence-corrected chi connectivity index (χ3v) is 5.08. The molecular formula is C20H21N3O3S+2. The molecule has 0 aliphatic carbocycles. The number of aromatic nitrogens is 1. The van der Waals surface area contributed by atoms with E-state index in [9.17, 15) is 8.42 Å². The van der Waals surface area contributed by atoms with Crippen LogP contribution in [-0.4, -0.2) is 20.9 Å². The summed E-state index contributed by atoms with van der Waals surface area (Å²) in [7, 11) is -3.78. The summed E-state index contributed by atoms with van der Waals surface area (Å²) in [6, 6.07) is 21.0. The van der Waals surface area contributed by atoms with E-state index in [0.717, 1.165) is 0 Å². The quantitative estimate of drug-likeness (QED) is 0.495. The second-order valence-corrected chi connectivity index (χ2v) is 7.33. The van der Waals surface area contributed by atoms with Gasteiger partial charge >= 0.3 is 10.0 Å². The van der Waals surface area contributed by atoms with Crippen LogP contribution in [0.4, 0.5) is 5.82 Å². The van der Waals surface area contributed by atoms with Crippen molar-refractivity contribution in [1.29, 1.82) is 0 Å². The number of benzene rings is 2. The molecule has 0 spiro atoms. The van der Waals surface area contributed by atoms with Crippen molar-refractivity contribution in [2.45, 2.75) is 11.8 Å². The van der Waals surface area contributed by atoms with Crippen LogP contribution < -0.4 is 19.4 Å². The molecule has 0 bridgehead atoms. The molecule has 3 aromatic rings. The first-order valence-corrected chi connectivity index (χ1v) is 9.98. The predicted molar refractivity (Wildman–Crippen MR) is 103 cm³/mol. The Labute approximate surface area is 158 Å². The van der Waals surface area contributed by atoms with E-state index in [1.807, 2.05) is 55.5 Å². The van der Waals surface area contributed by atoms with Crippen molar-refractivity contribution in [2.24, 2.45) is 0 Å². The molecule has 0 radical (unpaired) electrons. The maximum absolute atomic E-state index is 12.9. The lowest BCUT2D eigenvalue weighted by Crippen LogP contribution is -2.78. The number of ether oxygens (including phenoxy) is 1. The van der Waals surface area contributed by atoms with Gasteiger partial charge in [-0.2, -0.15) is 12.8 Å². The second-order valence-electron chi connectivity index (χ2n) is 5.65. The minimum Gasteiger partial charge on any atom is -0.494 e. The van der Waals surface area contributed by atoms with Gasteiger partial charge in [-0.3, -0.25) is 0 Å². The number of anilines is 1. The van der Waals surface area contributed by atoms with Crippen molar-refractivity contribution >= 4 is 21.7 Å². The molecule has 7 heteroatoms. The molecule has 0 aliphatic rings. The molecule has 0 aliphatic heterocycles. The van der Waals surface area contributed by atoms with Crippen molar-refractivity contribution in [1.82, 2.24) is 0 Å². The zero-order valence-electron chi connectivity index (χ0n) is 14.8. The Bertz CT molecular complexity index is 1000. The van der Waals surface area contributed by atoms with Gasteiger partial charge in [-0.15, -0.1) is 0 Å². The minimum absolute atomic E-state index is 0.151. The van der Waals surface area contributed by atoms with E-state index < -0.39 is 10.0 Å². The van der Waals surface area contributed by atoms with Crippen LogP contribution in [0.3, 0.4) is 0 Å². The molecule has 3 rings (SSSR count). The highest BCUT2D eigenvalue weighted by Gasteiger charge is 2.21. The Morgan fingerprint density at radius 1 is 1.00 bits per heavy atom. The number of amidine groups is 1. The summed E-state index contributed by atoms with van der Waals surface area (Å²) in [5, 5.41) is 3.10. The maximum atomic E-state index is 12.9. The first-order chi connectivity index (χ1) is 13.1.